The highest BCUT2D eigenvalue weighted by Crippen LogP contribution is 2.20. The van der Waals surface area contributed by atoms with Crippen molar-refractivity contribution in [1.29, 1.82) is 0 Å². The van der Waals surface area contributed by atoms with Gasteiger partial charge in [0.25, 0.3) is 0 Å². The maximum absolute atomic E-state index is 9.27. The Labute approximate surface area is 113 Å². The molecule has 1 atom stereocenters. The highest BCUT2D eigenvalue weighted by molar-refractivity contribution is 5.26. The highest BCUT2D eigenvalue weighted by Gasteiger charge is 2.18. The van der Waals surface area contributed by atoms with E-state index in [4.69, 9.17) is 5.73 Å². The lowest BCUT2D eigenvalue weighted by Gasteiger charge is -2.17. The average molecular weight is 260 g/mol. The molecular formula is C14H20N4O. The lowest BCUT2D eigenvalue weighted by atomic mass is 10.1. The summed E-state index contributed by atoms with van der Waals surface area (Å²) in [7, 11) is 0. The Balaban J connectivity index is 2.20. The van der Waals surface area contributed by atoms with Crippen LogP contribution in [0.25, 0.3) is 0 Å². The monoisotopic (exact) mass is 260 g/mol. The Morgan fingerprint density at radius 3 is 2.42 bits per heavy atom. The molecule has 0 unspecified atom stereocenters. The molecular weight excluding hydrogens is 240 g/mol. The molecule has 0 aliphatic heterocycles. The summed E-state index contributed by atoms with van der Waals surface area (Å²) in [6.07, 6.45) is 0.672. The van der Waals surface area contributed by atoms with Crippen LogP contribution in [0.4, 0.5) is 0 Å². The van der Waals surface area contributed by atoms with E-state index >= 15 is 0 Å². The van der Waals surface area contributed by atoms with Crippen LogP contribution in [0, 0.1) is 6.92 Å². The summed E-state index contributed by atoms with van der Waals surface area (Å²) in [5, 5.41) is 17.6. The van der Waals surface area contributed by atoms with E-state index < -0.39 is 0 Å². The van der Waals surface area contributed by atoms with Gasteiger partial charge in [-0.15, -0.1) is 10.2 Å². The van der Waals surface area contributed by atoms with Gasteiger partial charge in [-0.2, -0.15) is 0 Å². The van der Waals surface area contributed by atoms with Gasteiger partial charge in [-0.1, -0.05) is 12.1 Å². The van der Waals surface area contributed by atoms with Crippen LogP contribution in [0.5, 0.6) is 5.75 Å². The van der Waals surface area contributed by atoms with Crippen molar-refractivity contribution in [2.45, 2.75) is 39.3 Å². The van der Waals surface area contributed by atoms with E-state index in [-0.39, 0.29) is 17.8 Å². The third-order valence-electron chi connectivity index (χ3n) is 3.13. The minimum atomic E-state index is -0.201. The van der Waals surface area contributed by atoms with Gasteiger partial charge in [0.05, 0.1) is 6.04 Å². The molecule has 5 heteroatoms. The lowest BCUT2D eigenvalue weighted by Crippen LogP contribution is -2.20. The summed E-state index contributed by atoms with van der Waals surface area (Å²) in [5.41, 5.74) is 7.30. The Kier molecular flexibility index (Phi) is 3.85. The van der Waals surface area contributed by atoms with Crippen molar-refractivity contribution in [3.05, 3.63) is 41.5 Å². The van der Waals surface area contributed by atoms with Crippen LogP contribution in [0.2, 0.25) is 0 Å². The predicted octanol–water partition coefficient (Wildman–Crippen LogP) is 2.12. The van der Waals surface area contributed by atoms with Gasteiger partial charge >= 0.3 is 0 Å². The highest BCUT2D eigenvalue weighted by atomic mass is 16.3. The lowest BCUT2D eigenvalue weighted by molar-refractivity contribution is 0.474. The van der Waals surface area contributed by atoms with Gasteiger partial charge in [0, 0.05) is 6.04 Å². The van der Waals surface area contributed by atoms with E-state index in [0.29, 0.717) is 6.42 Å². The molecule has 5 nitrogen and oxygen atoms in total. The fourth-order valence-electron chi connectivity index (χ4n) is 2.25. The summed E-state index contributed by atoms with van der Waals surface area (Å²) in [4.78, 5) is 0. The van der Waals surface area contributed by atoms with Gasteiger partial charge in [0.15, 0.2) is 5.82 Å². The number of aromatic hydroxyl groups is 1. The third kappa shape index (κ3) is 2.93. The average Bonchev–Trinajstić information content (AvgIpc) is 2.74. The molecule has 3 N–H and O–H groups in total. The maximum atomic E-state index is 9.27. The van der Waals surface area contributed by atoms with Crippen molar-refractivity contribution >= 4 is 0 Å². The van der Waals surface area contributed by atoms with Crippen molar-refractivity contribution in [1.82, 2.24) is 14.8 Å². The number of phenols is 1. The van der Waals surface area contributed by atoms with Crippen LogP contribution in [-0.2, 0) is 6.42 Å². The third-order valence-corrected chi connectivity index (χ3v) is 3.13. The van der Waals surface area contributed by atoms with E-state index in [1.165, 1.54) is 0 Å². The minimum absolute atomic E-state index is 0.201. The standard InChI is InChI=1S/C14H20N4O/c1-9(2)18-10(3)16-17-14(18)13(15)8-11-4-6-12(19)7-5-11/h4-7,9,13,19H,8,15H2,1-3H3/t13-/m1/s1. The molecule has 1 aromatic heterocycles. The summed E-state index contributed by atoms with van der Waals surface area (Å²) >= 11 is 0. The second kappa shape index (κ2) is 5.40. The molecule has 19 heavy (non-hydrogen) atoms. The van der Waals surface area contributed by atoms with E-state index in [2.05, 4.69) is 28.6 Å². The van der Waals surface area contributed by atoms with Crippen LogP contribution < -0.4 is 5.73 Å². The van der Waals surface area contributed by atoms with E-state index in [9.17, 15) is 5.11 Å². The molecule has 2 aromatic rings. The van der Waals surface area contributed by atoms with Crippen molar-refractivity contribution in [3.8, 4) is 5.75 Å². The van der Waals surface area contributed by atoms with Crippen molar-refractivity contribution in [3.63, 3.8) is 0 Å². The molecule has 0 saturated carbocycles. The number of hydrogen-bond acceptors (Lipinski definition) is 4. The van der Waals surface area contributed by atoms with Gasteiger partial charge in [0.2, 0.25) is 0 Å². The number of hydrogen-bond donors (Lipinski definition) is 2. The van der Waals surface area contributed by atoms with Crippen LogP contribution in [0.1, 0.15) is 43.1 Å². The summed E-state index contributed by atoms with van der Waals surface area (Å²) in [6, 6.07) is 7.17. The molecule has 1 aromatic carbocycles. The number of phenolic OH excluding ortho intramolecular Hbond substituents is 1. The molecule has 0 aliphatic carbocycles. The molecule has 0 bridgehead atoms. The second-order valence-electron chi connectivity index (χ2n) is 5.05. The molecule has 0 saturated heterocycles. The SMILES string of the molecule is Cc1nnc([C@H](N)Cc2ccc(O)cc2)n1C(C)C. The van der Waals surface area contributed by atoms with Gasteiger partial charge in [-0.25, -0.2) is 0 Å². The van der Waals surface area contributed by atoms with E-state index in [1.54, 1.807) is 12.1 Å². The van der Waals surface area contributed by atoms with Gasteiger partial charge in [-0.05, 0) is 44.9 Å². The smallest absolute Gasteiger partial charge is 0.150 e. The van der Waals surface area contributed by atoms with Crippen LogP contribution in [0.15, 0.2) is 24.3 Å². The van der Waals surface area contributed by atoms with Crippen LogP contribution in [-0.4, -0.2) is 19.9 Å². The maximum Gasteiger partial charge on any atom is 0.150 e. The molecule has 2 rings (SSSR count). The quantitative estimate of drug-likeness (QED) is 0.882. The zero-order valence-corrected chi connectivity index (χ0v) is 11.5. The van der Waals surface area contributed by atoms with Crippen molar-refractivity contribution < 1.29 is 5.11 Å². The minimum Gasteiger partial charge on any atom is -0.508 e. The van der Waals surface area contributed by atoms with Crippen molar-refractivity contribution in [2.75, 3.05) is 0 Å². The Morgan fingerprint density at radius 1 is 1.21 bits per heavy atom. The first-order valence-electron chi connectivity index (χ1n) is 6.44. The second-order valence-corrected chi connectivity index (χ2v) is 5.05. The number of aryl methyl sites for hydroxylation is 1. The Morgan fingerprint density at radius 2 is 1.84 bits per heavy atom. The zero-order valence-electron chi connectivity index (χ0n) is 11.5. The zero-order chi connectivity index (χ0) is 14.0. The molecule has 0 spiro atoms. The van der Waals surface area contributed by atoms with E-state index in [1.807, 2.05) is 19.1 Å². The summed E-state index contributed by atoms with van der Waals surface area (Å²) in [6.45, 7) is 6.12. The van der Waals surface area contributed by atoms with Gasteiger partial charge in [0.1, 0.15) is 11.6 Å². The summed E-state index contributed by atoms with van der Waals surface area (Å²) in [5.74, 6) is 1.95. The van der Waals surface area contributed by atoms with Crippen molar-refractivity contribution in [2.24, 2.45) is 5.73 Å². The summed E-state index contributed by atoms with van der Waals surface area (Å²) < 4.78 is 2.06. The number of aromatic nitrogens is 3. The normalized spacial score (nSPS) is 12.9. The van der Waals surface area contributed by atoms with Crippen LogP contribution >= 0.6 is 0 Å². The first-order valence-corrected chi connectivity index (χ1v) is 6.44. The topological polar surface area (TPSA) is 77.0 Å². The molecule has 102 valence electrons. The predicted molar refractivity (Wildman–Crippen MR) is 73.9 cm³/mol. The Hall–Kier alpha value is -1.88. The fourth-order valence-corrected chi connectivity index (χ4v) is 2.25. The van der Waals surface area contributed by atoms with Gasteiger partial charge in [-0.3, -0.25) is 0 Å². The number of nitrogens with two attached hydrogens (primary N) is 1. The molecule has 0 aliphatic rings. The number of benzene rings is 1. The molecule has 0 radical (unpaired) electrons. The molecule has 1 heterocycles. The largest absolute Gasteiger partial charge is 0.508 e. The van der Waals surface area contributed by atoms with Crippen LogP contribution in [0.3, 0.4) is 0 Å². The first kappa shape index (κ1) is 13.5. The van der Waals surface area contributed by atoms with Gasteiger partial charge < -0.3 is 15.4 Å². The first-order chi connectivity index (χ1) is 8.99. The fraction of sp³-hybridized carbons (Fsp3) is 0.429. The number of nitrogens with zero attached hydrogens (tertiary/aromatic N) is 3. The van der Waals surface area contributed by atoms with E-state index in [0.717, 1.165) is 17.2 Å². The molecule has 0 amide bonds. The Bertz CT molecular complexity index is 545. The number of rotatable bonds is 4. The molecule has 0 fully saturated rings.